The molecule has 0 spiro atoms. The molecule has 1 aromatic carbocycles. The molecule has 0 bridgehead atoms. The summed E-state index contributed by atoms with van der Waals surface area (Å²) in [4.78, 5) is 22.6. The van der Waals surface area contributed by atoms with E-state index < -0.39 is 12.0 Å². The minimum absolute atomic E-state index is 0.496. The molecule has 1 aliphatic rings. The third-order valence-corrected chi connectivity index (χ3v) is 4.23. The maximum Gasteiger partial charge on any atom is 0.326 e. The molecule has 120 valence electrons. The molecule has 5 heteroatoms. The van der Waals surface area contributed by atoms with E-state index in [2.05, 4.69) is 9.97 Å². The molecule has 1 aliphatic heterocycles. The first-order valence-electron chi connectivity index (χ1n) is 7.97. The number of carboxylic acid groups (broad SMARTS) is 1. The summed E-state index contributed by atoms with van der Waals surface area (Å²) in [6, 6.07) is 9.43. The summed E-state index contributed by atoms with van der Waals surface area (Å²) in [6.07, 6.45) is 2.60. The predicted octanol–water partition coefficient (Wildman–Crippen LogP) is 3.20. The molecule has 2 heterocycles. The Kier molecular flexibility index (Phi) is 4.28. The summed E-state index contributed by atoms with van der Waals surface area (Å²) in [6.45, 7) is 4.68. The fraction of sp³-hybridized carbons (Fsp3) is 0.389. The van der Waals surface area contributed by atoms with Gasteiger partial charge in [-0.2, -0.15) is 0 Å². The maximum atomic E-state index is 11.5. The number of aromatic nitrogens is 2. The summed E-state index contributed by atoms with van der Waals surface area (Å²) in [5.41, 5.74) is 2.98. The van der Waals surface area contributed by atoms with Crippen molar-refractivity contribution in [2.75, 3.05) is 11.4 Å². The molecule has 1 saturated heterocycles. The van der Waals surface area contributed by atoms with E-state index in [9.17, 15) is 9.90 Å². The lowest BCUT2D eigenvalue weighted by Gasteiger charge is -2.34. The number of carboxylic acids is 1. The van der Waals surface area contributed by atoms with Gasteiger partial charge in [-0.25, -0.2) is 14.8 Å². The Bertz CT molecular complexity index is 713. The van der Waals surface area contributed by atoms with Crippen molar-refractivity contribution in [1.82, 2.24) is 9.97 Å². The van der Waals surface area contributed by atoms with Gasteiger partial charge < -0.3 is 10.0 Å². The minimum Gasteiger partial charge on any atom is -0.480 e. The highest BCUT2D eigenvalue weighted by Crippen LogP contribution is 2.26. The van der Waals surface area contributed by atoms with Crippen LogP contribution in [0, 0.1) is 13.8 Å². The Balaban J connectivity index is 1.99. The number of hydrogen-bond acceptors (Lipinski definition) is 4. The number of benzene rings is 1. The minimum atomic E-state index is -0.780. The zero-order valence-corrected chi connectivity index (χ0v) is 13.5. The lowest BCUT2D eigenvalue weighted by molar-refractivity contribution is -0.139. The van der Waals surface area contributed by atoms with Crippen molar-refractivity contribution in [1.29, 1.82) is 0 Å². The fourth-order valence-corrected chi connectivity index (χ4v) is 2.99. The lowest BCUT2D eigenvalue weighted by Crippen LogP contribution is -2.45. The average Bonchev–Trinajstić information content (AvgIpc) is 2.55. The molecule has 0 aliphatic carbocycles. The van der Waals surface area contributed by atoms with E-state index in [-0.39, 0.29) is 0 Å². The van der Waals surface area contributed by atoms with E-state index in [0.29, 0.717) is 18.1 Å². The quantitative estimate of drug-likeness (QED) is 0.943. The van der Waals surface area contributed by atoms with Gasteiger partial charge in [-0.1, -0.05) is 29.8 Å². The van der Waals surface area contributed by atoms with Gasteiger partial charge in [0.1, 0.15) is 11.9 Å². The highest BCUT2D eigenvalue weighted by Gasteiger charge is 2.29. The first kappa shape index (κ1) is 15.5. The third-order valence-electron chi connectivity index (χ3n) is 4.23. The number of aryl methyl sites for hydroxylation is 2. The number of anilines is 1. The van der Waals surface area contributed by atoms with E-state index in [1.54, 1.807) is 0 Å². The zero-order chi connectivity index (χ0) is 16.4. The van der Waals surface area contributed by atoms with Crippen LogP contribution in [0.1, 0.15) is 30.5 Å². The Morgan fingerprint density at radius 2 is 1.91 bits per heavy atom. The van der Waals surface area contributed by atoms with E-state index in [1.807, 2.05) is 49.1 Å². The molecule has 0 saturated carbocycles. The molecule has 1 aromatic heterocycles. The first-order chi connectivity index (χ1) is 11.0. The van der Waals surface area contributed by atoms with Crippen LogP contribution in [0.4, 0.5) is 5.82 Å². The van der Waals surface area contributed by atoms with Gasteiger partial charge in [-0.3, -0.25) is 0 Å². The number of piperidine rings is 1. The van der Waals surface area contributed by atoms with Crippen molar-refractivity contribution in [2.24, 2.45) is 0 Å². The molecule has 1 fully saturated rings. The highest BCUT2D eigenvalue weighted by atomic mass is 16.4. The molecular weight excluding hydrogens is 290 g/mol. The highest BCUT2D eigenvalue weighted by molar-refractivity contribution is 5.78. The van der Waals surface area contributed by atoms with Crippen LogP contribution >= 0.6 is 0 Å². The maximum absolute atomic E-state index is 11.5. The topological polar surface area (TPSA) is 66.3 Å². The summed E-state index contributed by atoms with van der Waals surface area (Å²) in [5.74, 6) is 0.577. The van der Waals surface area contributed by atoms with Crippen LogP contribution in [0.25, 0.3) is 11.4 Å². The van der Waals surface area contributed by atoms with Crippen molar-refractivity contribution in [3.8, 4) is 11.4 Å². The van der Waals surface area contributed by atoms with Gasteiger partial charge in [0.05, 0.1) is 0 Å². The molecule has 0 amide bonds. The van der Waals surface area contributed by atoms with Gasteiger partial charge in [0.2, 0.25) is 0 Å². The summed E-state index contributed by atoms with van der Waals surface area (Å²) in [7, 11) is 0. The Hall–Kier alpha value is -2.43. The first-order valence-corrected chi connectivity index (χ1v) is 7.97. The largest absolute Gasteiger partial charge is 0.480 e. The number of rotatable bonds is 3. The van der Waals surface area contributed by atoms with Crippen LogP contribution < -0.4 is 4.90 Å². The summed E-state index contributed by atoms with van der Waals surface area (Å²) < 4.78 is 0. The van der Waals surface area contributed by atoms with Crippen molar-refractivity contribution in [3.63, 3.8) is 0 Å². The molecule has 5 nitrogen and oxygen atoms in total. The zero-order valence-electron chi connectivity index (χ0n) is 13.5. The molecule has 3 rings (SSSR count). The molecular formula is C18H21N3O2. The van der Waals surface area contributed by atoms with Gasteiger partial charge in [0, 0.05) is 23.9 Å². The summed E-state index contributed by atoms with van der Waals surface area (Å²) >= 11 is 0. The number of hydrogen-bond donors (Lipinski definition) is 1. The van der Waals surface area contributed by atoms with Gasteiger partial charge in [0.25, 0.3) is 0 Å². The second-order valence-corrected chi connectivity index (χ2v) is 6.10. The van der Waals surface area contributed by atoms with Crippen molar-refractivity contribution >= 4 is 11.8 Å². The molecule has 2 aromatic rings. The van der Waals surface area contributed by atoms with Gasteiger partial charge >= 0.3 is 5.97 Å². The Morgan fingerprint density at radius 1 is 1.17 bits per heavy atom. The second kappa shape index (κ2) is 6.36. The van der Waals surface area contributed by atoms with E-state index in [1.165, 1.54) is 5.56 Å². The van der Waals surface area contributed by atoms with Crippen LogP contribution in [-0.4, -0.2) is 33.6 Å². The lowest BCUT2D eigenvalue weighted by atomic mass is 10.0. The van der Waals surface area contributed by atoms with Crippen molar-refractivity contribution < 1.29 is 9.90 Å². The average molecular weight is 311 g/mol. The number of nitrogens with zero attached hydrogens (tertiary/aromatic N) is 3. The van der Waals surface area contributed by atoms with Crippen LogP contribution in [0.5, 0.6) is 0 Å². The predicted molar refractivity (Wildman–Crippen MR) is 89.6 cm³/mol. The van der Waals surface area contributed by atoms with E-state index in [0.717, 1.165) is 30.6 Å². The van der Waals surface area contributed by atoms with Crippen molar-refractivity contribution in [2.45, 2.75) is 39.2 Å². The van der Waals surface area contributed by atoms with E-state index in [4.69, 9.17) is 0 Å². The van der Waals surface area contributed by atoms with Crippen molar-refractivity contribution in [3.05, 3.63) is 41.6 Å². The van der Waals surface area contributed by atoms with Crippen LogP contribution in [0.3, 0.4) is 0 Å². The normalized spacial score (nSPS) is 18.0. The number of carbonyl (C=O) groups is 1. The van der Waals surface area contributed by atoms with Crippen LogP contribution in [0.2, 0.25) is 0 Å². The SMILES string of the molecule is Cc1ccc(-c2nc(C)cc(N3CCCCC3C(=O)O)n2)cc1. The van der Waals surface area contributed by atoms with Gasteiger partial charge in [-0.05, 0) is 33.1 Å². The van der Waals surface area contributed by atoms with E-state index >= 15 is 0 Å². The molecule has 1 atom stereocenters. The molecule has 1 unspecified atom stereocenters. The second-order valence-electron chi connectivity index (χ2n) is 6.10. The summed E-state index contributed by atoms with van der Waals surface area (Å²) in [5, 5.41) is 9.47. The monoisotopic (exact) mass is 311 g/mol. The Morgan fingerprint density at radius 3 is 2.61 bits per heavy atom. The number of aliphatic carboxylic acids is 1. The fourth-order valence-electron chi connectivity index (χ4n) is 2.99. The standard InChI is InChI=1S/C18H21N3O2/c1-12-6-8-14(9-7-12)17-19-13(2)11-16(20-17)21-10-4-3-5-15(21)18(22)23/h6-9,11,15H,3-5,10H2,1-2H3,(H,22,23). The van der Waals surface area contributed by atoms with Crippen LogP contribution in [-0.2, 0) is 4.79 Å². The molecule has 23 heavy (non-hydrogen) atoms. The van der Waals surface area contributed by atoms with Gasteiger partial charge in [-0.15, -0.1) is 0 Å². The van der Waals surface area contributed by atoms with Gasteiger partial charge in [0.15, 0.2) is 5.82 Å². The molecule has 1 N–H and O–H groups in total. The smallest absolute Gasteiger partial charge is 0.326 e. The Labute approximate surface area is 136 Å². The molecule has 0 radical (unpaired) electrons. The third kappa shape index (κ3) is 3.33. The van der Waals surface area contributed by atoms with Crippen LogP contribution in [0.15, 0.2) is 30.3 Å².